The lowest BCUT2D eigenvalue weighted by Crippen LogP contribution is -2.34. The summed E-state index contributed by atoms with van der Waals surface area (Å²) in [5, 5.41) is 15.2. The molecule has 0 heterocycles. The molecule has 0 radical (unpaired) electrons. The number of benzene rings is 2. The lowest BCUT2D eigenvalue weighted by Gasteiger charge is -2.19. The number of nitrogens with one attached hydrogen (secondary N) is 2. The molecule has 0 fully saturated rings. The van der Waals surface area contributed by atoms with E-state index in [1.807, 2.05) is 69.3 Å². The van der Waals surface area contributed by atoms with Gasteiger partial charge < -0.3 is 20.5 Å². The van der Waals surface area contributed by atoms with E-state index in [0.717, 1.165) is 22.4 Å². The number of aliphatic hydroxyl groups excluding tert-OH is 1. The highest BCUT2D eigenvalue weighted by Crippen LogP contribution is 2.20. The zero-order valence-corrected chi connectivity index (χ0v) is 15.0. The Morgan fingerprint density at radius 1 is 1.12 bits per heavy atom. The molecule has 0 bridgehead atoms. The Bertz CT molecular complexity index is 687. The molecule has 5 nitrogen and oxygen atoms in total. The number of aliphatic hydroxyl groups is 1. The van der Waals surface area contributed by atoms with Gasteiger partial charge in [-0.25, -0.2) is 4.79 Å². The highest BCUT2D eigenvalue weighted by molar-refractivity contribution is 5.90. The Balaban J connectivity index is 2.03. The number of carbonyl (C=O) groups is 1. The first-order valence-electron chi connectivity index (χ1n) is 8.44. The molecule has 3 N–H and O–H groups in total. The summed E-state index contributed by atoms with van der Waals surface area (Å²) in [5.74, 6) is 0. The molecule has 5 heteroatoms. The number of hydrogen-bond donors (Lipinski definition) is 3. The van der Waals surface area contributed by atoms with Gasteiger partial charge >= 0.3 is 6.03 Å². The Labute approximate surface area is 149 Å². The molecule has 0 saturated heterocycles. The van der Waals surface area contributed by atoms with E-state index < -0.39 is 6.04 Å². The molecule has 1 atom stereocenters. The quantitative estimate of drug-likeness (QED) is 0.717. The molecule has 2 amide bonds. The summed E-state index contributed by atoms with van der Waals surface area (Å²) in [7, 11) is 0. The van der Waals surface area contributed by atoms with Crippen LogP contribution in [-0.4, -0.2) is 23.8 Å². The third-order valence-corrected chi connectivity index (χ3v) is 3.96. The molecule has 0 unspecified atom stereocenters. The van der Waals surface area contributed by atoms with Gasteiger partial charge in [-0.15, -0.1) is 0 Å². The van der Waals surface area contributed by atoms with Gasteiger partial charge in [0.2, 0.25) is 0 Å². The highest BCUT2D eigenvalue weighted by Gasteiger charge is 2.14. The first-order valence-corrected chi connectivity index (χ1v) is 8.44. The van der Waals surface area contributed by atoms with Crippen LogP contribution in [0, 0.1) is 6.92 Å². The second kappa shape index (κ2) is 9.20. The minimum Gasteiger partial charge on any atom is -0.394 e. The van der Waals surface area contributed by atoms with Crippen LogP contribution in [0.25, 0.3) is 0 Å². The van der Waals surface area contributed by atoms with Crippen molar-refractivity contribution in [1.29, 1.82) is 0 Å². The molecule has 2 aromatic carbocycles. The number of anilines is 1. The van der Waals surface area contributed by atoms with Crippen molar-refractivity contribution in [2.24, 2.45) is 0 Å². The van der Waals surface area contributed by atoms with Gasteiger partial charge in [0, 0.05) is 5.69 Å². The van der Waals surface area contributed by atoms with Gasteiger partial charge in [-0.3, -0.25) is 0 Å². The van der Waals surface area contributed by atoms with E-state index in [2.05, 4.69) is 10.6 Å². The number of amides is 2. The Hall–Kier alpha value is -2.37. The normalized spacial score (nSPS) is 12.0. The summed E-state index contributed by atoms with van der Waals surface area (Å²) >= 11 is 0. The topological polar surface area (TPSA) is 70.6 Å². The number of ether oxygens (including phenoxy) is 1. The monoisotopic (exact) mass is 342 g/mol. The minimum atomic E-state index is -0.450. The predicted octanol–water partition coefficient (Wildman–Crippen LogP) is 3.78. The first kappa shape index (κ1) is 19.0. The van der Waals surface area contributed by atoms with Crippen LogP contribution in [0.1, 0.15) is 36.6 Å². The maximum atomic E-state index is 12.3. The Kier molecular flexibility index (Phi) is 6.98. The SMILES string of the molecule is Cc1c(COC(C)C)cccc1NC(=O)N[C@H](CO)c1ccccc1. The number of hydrogen-bond acceptors (Lipinski definition) is 3. The highest BCUT2D eigenvalue weighted by atomic mass is 16.5. The lowest BCUT2D eigenvalue weighted by atomic mass is 10.1. The van der Waals surface area contributed by atoms with Crippen molar-refractivity contribution in [2.75, 3.05) is 11.9 Å². The van der Waals surface area contributed by atoms with E-state index in [4.69, 9.17) is 4.74 Å². The minimum absolute atomic E-state index is 0.149. The number of carbonyl (C=O) groups excluding carboxylic acids is 1. The number of rotatable bonds is 7. The average Bonchev–Trinajstić information content (AvgIpc) is 2.61. The summed E-state index contributed by atoms with van der Waals surface area (Å²) in [5.41, 5.74) is 3.59. The van der Waals surface area contributed by atoms with E-state index in [0.29, 0.717) is 6.61 Å². The van der Waals surface area contributed by atoms with Crippen LogP contribution < -0.4 is 10.6 Å². The van der Waals surface area contributed by atoms with Crippen molar-refractivity contribution >= 4 is 11.7 Å². The molecular weight excluding hydrogens is 316 g/mol. The van der Waals surface area contributed by atoms with Crippen LogP contribution in [0.15, 0.2) is 48.5 Å². The van der Waals surface area contributed by atoms with E-state index >= 15 is 0 Å². The fourth-order valence-corrected chi connectivity index (χ4v) is 2.47. The van der Waals surface area contributed by atoms with E-state index in [-0.39, 0.29) is 18.7 Å². The second-order valence-corrected chi connectivity index (χ2v) is 6.19. The van der Waals surface area contributed by atoms with Gasteiger partial charge in [-0.2, -0.15) is 0 Å². The molecular formula is C20H26N2O3. The van der Waals surface area contributed by atoms with Gasteiger partial charge in [-0.1, -0.05) is 42.5 Å². The van der Waals surface area contributed by atoms with Crippen LogP contribution in [0.3, 0.4) is 0 Å². The molecule has 25 heavy (non-hydrogen) atoms. The molecule has 0 aliphatic rings. The van der Waals surface area contributed by atoms with Gasteiger partial charge in [0.05, 0.1) is 25.4 Å². The van der Waals surface area contributed by atoms with Gasteiger partial charge in [0.1, 0.15) is 0 Å². The summed E-state index contributed by atoms with van der Waals surface area (Å²) in [4.78, 5) is 12.3. The molecule has 2 rings (SSSR count). The summed E-state index contributed by atoms with van der Waals surface area (Å²) in [6, 6.07) is 14.3. The smallest absolute Gasteiger partial charge is 0.319 e. The first-order chi connectivity index (χ1) is 12.0. The van der Waals surface area contributed by atoms with E-state index in [9.17, 15) is 9.90 Å². The summed E-state index contributed by atoms with van der Waals surface area (Å²) in [6.07, 6.45) is 0.149. The number of urea groups is 1. The second-order valence-electron chi connectivity index (χ2n) is 6.19. The summed E-state index contributed by atoms with van der Waals surface area (Å²) in [6.45, 7) is 6.27. The van der Waals surface area contributed by atoms with Crippen LogP contribution in [-0.2, 0) is 11.3 Å². The van der Waals surface area contributed by atoms with Crippen molar-refractivity contribution in [1.82, 2.24) is 5.32 Å². The van der Waals surface area contributed by atoms with Crippen LogP contribution in [0.2, 0.25) is 0 Å². The molecule has 0 saturated carbocycles. The Morgan fingerprint density at radius 3 is 2.48 bits per heavy atom. The van der Waals surface area contributed by atoms with Gasteiger partial charge in [0.15, 0.2) is 0 Å². The molecule has 0 aliphatic carbocycles. The van der Waals surface area contributed by atoms with E-state index in [1.165, 1.54) is 0 Å². The van der Waals surface area contributed by atoms with Gasteiger partial charge in [0.25, 0.3) is 0 Å². The van der Waals surface area contributed by atoms with Crippen molar-refractivity contribution in [3.8, 4) is 0 Å². The standard InChI is InChI=1S/C20H26N2O3/c1-14(2)25-13-17-10-7-11-18(15(17)3)21-20(24)22-19(12-23)16-8-5-4-6-9-16/h4-11,14,19,23H,12-13H2,1-3H3,(H2,21,22,24)/t19-/m1/s1. The summed E-state index contributed by atoms with van der Waals surface area (Å²) < 4.78 is 5.65. The van der Waals surface area contributed by atoms with Crippen molar-refractivity contribution < 1.29 is 14.6 Å². The third kappa shape index (κ3) is 5.59. The van der Waals surface area contributed by atoms with Crippen molar-refractivity contribution in [3.05, 3.63) is 65.2 Å². The maximum Gasteiger partial charge on any atom is 0.319 e. The fraction of sp³-hybridized carbons (Fsp3) is 0.350. The maximum absolute atomic E-state index is 12.3. The zero-order valence-electron chi connectivity index (χ0n) is 15.0. The van der Waals surface area contributed by atoms with Crippen LogP contribution in [0.4, 0.5) is 10.5 Å². The molecule has 0 aromatic heterocycles. The third-order valence-electron chi connectivity index (χ3n) is 3.96. The predicted molar refractivity (Wildman–Crippen MR) is 99.5 cm³/mol. The molecule has 0 spiro atoms. The van der Waals surface area contributed by atoms with E-state index in [1.54, 1.807) is 0 Å². The fourth-order valence-electron chi connectivity index (χ4n) is 2.47. The van der Waals surface area contributed by atoms with Crippen LogP contribution >= 0.6 is 0 Å². The largest absolute Gasteiger partial charge is 0.394 e. The Morgan fingerprint density at radius 2 is 1.84 bits per heavy atom. The molecule has 0 aliphatic heterocycles. The molecule has 2 aromatic rings. The van der Waals surface area contributed by atoms with Gasteiger partial charge in [-0.05, 0) is 43.5 Å². The van der Waals surface area contributed by atoms with Crippen LogP contribution in [0.5, 0.6) is 0 Å². The molecule has 134 valence electrons. The van der Waals surface area contributed by atoms with Crippen molar-refractivity contribution in [3.63, 3.8) is 0 Å². The average molecular weight is 342 g/mol. The lowest BCUT2D eigenvalue weighted by molar-refractivity contribution is 0.0654. The zero-order chi connectivity index (χ0) is 18.2. The van der Waals surface area contributed by atoms with Crippen molar-refractivity contribution in [2.45, 2.75) is 39.5 Å².